The fourth-order valence-corrected chi connectivity index (χ4v) is 4.29. The highest BCUT2D eigenvalue weighted by molar-refractivity contribution is 8.03. The second-order valence-corrected chi connectivity index (χ2v) is 6.84. The topological polar surface area (TPSA) is 37.8 Å². The molecule has 0 aliphatic carbocycles. The second-order valence-electron chi connectivity index (χ2n) is 4.54. The van der Waals surface area contributed by atoms with Crippen molar-refractivity contribution in [1.29, 1.82) is 0 Å². The van der Waals surface area contributed by atoms with Crippen LogP contribution in [0.5, 0.6) is 0 Å². The molecule has 1 aromatic rings. The Morgan fingerprint density at radius 2 is 1.90 bits per heavy atom. The van der Waals surface area contributed by atoms with Gasteiger partial charge in [0.2, 0.25) is 0 Å². The summed E-state index contributed by atoms with van der Waals surface area (Å²) in [7, 11) is 0. The van der Waals surface area contributed by atoms with E-state index >= 15 is 0 Å². The summed E-state index contributed by atoms with van der Waals surface area (Å²) in [5.74, 6) is 4.41. The lowest BCUT2D eigenvalue weighted by Crippen LogP contribution is -2.33. The zero-order valence-electron chi connectivity index (χ0n) is 11.0. The van der Waals surface area contributed by atoms with Gasteiger partial charge in [0.25, 0.3) is 0 Å². The van der Waals surface area contributed by atoms with Gasteiger partial charge in [-0.3, -0.25) is 0 Å². The van der Waals surface area contributed by atoms with Gasteiger partial charge >= 0.3 is 6.18 Å². The smallest absolute Gasteiger partial charge is 0.305 e. The monoisotopic (exact) mass is 323 g/mol. The molecule has 0 amide bonds. The molecule has 1 saturated heterocycles. The molecular weight excluding hydrogens is 307 g/mol. The first-order valence-electron chi connectivity index (χ1n) is 6.26. The molecule has 2 rings (SSSR count). The Morgan fingerprint density at radius 1 is 1.25 bits per heavy atom. The predicted octanol–water partition coefficient (Wildman–Crippen LogP) is 2.74. The van der Waals surface area contributed by atoms with Crippen LogP contribution in [0.2, 0.25) is 0 Å². The lowest BCUT2D eigenvalue weighted by atomic mass is 10.3. The van der Waals surface area contributed by atoms with Gasteiger partial charge < -0.3 is 5.32 Å². The third-order valence-electron chi connectivity index (χ3n) is 2.75. The number of thioether (sulfide) groups is 2. The standard InChI is InChI=1S/C12H16F3N3S2/c1-8-4-10(12(13,14)15)18-11(17-8)5-16-9-6-19-2-3-20-7-9/h4,9,16H,2-3,5-7H2,1H3. The van der Waals surface area contributed by atoms with Gasteiger partial charge in [0.1, 0.15) is 11.5 Å². The molecule has 0 aromatic carbocycles. The Kier molecular flexibility index (Phi) is 5.57. The van der Waals surface area contributed by atoms with E-state index in [2.05, 4.69) is 15.3 Å². The van der Waals surface area contributed by atoms with Crippen LogP contribution >= 0.6 is 23.5 Å². The van der Waals surface area contributed by atoms with E-state index in [1.165, 1.54) is 0 Å². The molecule has 3 nitrogen and oxygen atoms in total. The maximum atomic E-state index is 12.7. The highest BCUT2D eigenvalue weighted by Crippen LogP contribution is 2.27. The molecule has 0 radical (unpaired) electrons. The van der Waals surface area contributed by atoms with Crippen molar-refractivity contribution >= 4 is 23.5 Å². The van der Waals surface area contributed by atoms with Gasteiger partial charge in [-0.1, -0.05) is 0 Å². The maximum absolute atomic E-state index is 12.7. The van der Waals surface area contributed by atoms with Crippen molar-refractivity contribution in [2.45, 2.75) is 25.7 Å². The van der Waals surface area contributed by atoms with Gasteiger partial charge in [-0.15, -0.1) is 0 Å². The van der Waals surface area contributed by atoms with E-state index in [9.17, 15) is 13.2 Å². The van der Waals surface area contributed by atoms with Gasteiger partial charge in [0, 0.05) is 34.7 Å². The summed E-state index contributed by atoms with van der Waals surface area (Å²) in [6, 6.07) is 1.27. The minimum absolute atomic E-state index is 0.205. The molecule has 1 N–H and O–H groups in total. The normalized spacial score (nSPS) is 18.0. The number of hydrogen-bond donors (Lipinski definition) is 1. The summed E-state index contributed by atoms with van der Waals surface area (Å²) < 4.78 is 38.0. The van der Waals surface area contributed by atoms with Crippen LogP contribution in [0.4, 0.5) is 13.2 Å². The Hall–Kier alpha value is -0.470. The summed E-state index contributed by atoms with van der Waals surface area (Å²) in [6.45, 7) is 1.83. The van der Waals surface area contributed by atoms with Crippen molar-refractivity contribution in [2.75, 3.05) is 23.0 Å². The number of nitrogens with one attached hydrogen (secondary N) is 1. The number of nitrogens with zero attached hydrogens (tertiary/aromatic N) is 2. The molecule has 0 unspecified atom stereocenters. The van der Waals surface area contributed by atoms with E-state index in [0.717, 1.165) is 29.1 Å². The number of halogens is 3. The van der Waals surface area contributed by atoms with Crippen LogP contribution < -0.4 is 5.32 Å². The van der Waals surface area contributed by atoms with Crippen molar-refractivity contribution in [3.63, 3.8) is 0 Å². The van der Waals surface area contributed by atoms with E-state index < -0.39 is 11.9 Å². The largest absolute Gasteiger partial charge is 0.433 e. The molecule has 1 fully saturated rings. The van der Waals surface area contributed by atoms with Crippen molar-refractivity contribution in [3.8, 4) is 0 Å². The lowest BCUT2D eigenvalue weighted by molar-refractivity contribution is -0.141. The van der Waals surface area contributed by atoms with Crippen molar-refractivity contribution in [1.82, 2.24) is 15.3 Å². The second kappa shape index (κ2) is 7.00. The van der Waals surface area contributed by atoms with Gasteiger partial charge in [-0.2, -0.15) is 36.7 Å². The zero-order chi connectivity index (χ0) is 14.6. The maximum Gasteiger partial charge on any atom is 0.433 e. The summed E-state index contributed by atoms with van der Waals surface area (Å²) in [6.07, 6.45) is -4.42. The molecule has 0 bridgehead atoms. The molecule has 0 spiro atoms. The van der Waals surface area contributed by atoms with Crippen LogP contribution in [0.15, 0.2) is 6.07 Å². The fourth-order valence-electron chi connectivity index (χ4n) is 1.82. The SMILES string of the molecule is Cc1cc(C(F)(F)F)nc(CNC2CSCCSC2)n1. The molecule has 2 heterocycles. The summed E-state index contributed by atoms with van der Waals surface area (Å²) in [5.41, 5.74) is -0.528. The first-order valence-corrected chi connectivity index (χ1v) is 8.57. The van der Waals surface area contributed by atoms with Crippen LogP contribution in [0.1, 0.15) is 17.2 Å². The van der Waals surface area contributed by atoms with Crippen LogP contribution in [0.3, 0.4) is 0 Å². The van der Waals surface area contributed by atoms with Gasteiger partial charge in [0.05, 0.1) is 6.54 Å². The van der Waals surface area contributed by atoms with Crippen molar-refractivity contribution in [3.05, 3.63) is 23.3 Å². The lowest BCUT2D eigenvalue weighted by Gasteiger charge is -2.15. The summed E-state index contributed by atoms with van der Waals surface area (Å²) in [4.78, 5) is 7.67. The van der Waals surface area contributed by atoms with Crippen LogP contribution in [-0.2, 0) is 12.7 Å². The highest BCUT2D eigenvalue weighted by Gasteiger charge is 2.33. The first-order chi connectivity index (χ1) is 9.45. The molecule has 0 atom stereocenters. The van der Waals surface area contributed by atoms with Gasteiger partial charge in [-0.05, 0) is 13.0 Å². The van der Waals surface area contributed by atoms with E-state index in [0.29, 0.717) is 11.7 Å². The average molecular weight is 323 g/mol. The first kappa shape index (κ1) is 15.9. The molecule has 8 heteroatoms. The molecule has 112 valence electrons. The number of aromatic nitrogens is 2. The highest BCUT2D eigenvalue weighted by atomic mass is 32.2. The number of alkyl halides is 3. The molecule has 1 aromatic heterocycles. The van der Waals surface area contributed by atoms with Crippen molar-refractivity contribution in [2.24, 2.45) is 0 Å². The van der Waals surface area contributed by atoms with Crippen LogP contribution in [0.25, 0.3) is 0 Å². The minimum Gasteiger partial charge on any atom is -0.305 e. The number of hydrogen-bond acceptors (Lipinski definition) is 5. The van der Waals surface area contributed by atoms with E-state index in [4.69, 9.17) is 0 Å². The third-order valence-corrected chi connectivity index (χ3v) is 5.27. The Labute approximate surface area is 124 Å². The zero-order valence-corrected chi connectivity index (χ0v) is 12.7. The van der Waals surface area contributed by atoms with Gasteiger partial charge in [0.15, 0.2) is 0 Å². The summed E-state index contributed by atoms with van der Waals surface area (Å²) in [5, 5.41) is 3.25. The third kappa shape index (κ3) is 4.82. The van der Waals surface area contributed by atoms with Crippen LogP contribution in [-0.4, -0.2) is 39.0 Å². The van der Waals surface area contributed by atoms with E-state index in [1.54, 1.807) is 6.92 Å². The number of rotatable bonds is 3. The van der Waals surface area contributed by atoms with E-state index in [1.807, 2.05) is 23.5 Å². The predicted molar refractivity (Wildman–Crippen MR) is 77.0 cm³/mol. The Balaban J connectivity index is 2.00. The molecule has 20 heavy (non-hydrogen) atoms. The quantitative estimate of drug-likeness (QED) is 0.926. The summed E-state index contributed by atoms with van der Waals surface area (Å²) >= 11 is 3.73. The van der Waals surface area contributed by atoms with Crippen LogP contribution in [0, 0.1) is 6.92 Å². The number of aryl methyl sites for hydroxylation is 1. The Morgan fingerprint density at radius 3 is 2.50 bits per heavy atom. The van der Waals surface area contributed by atoms with Crippen molar-refractivity contribution < 1.29 is 13.2 Å². The minimum atomic E-state index is -4.42. The molecule has 0 saturated carbocycles. The molecule has 1 aliphatic rings. The Bertz CT molecular complexity index is 446. The van der Waals surface area contributed by atoms with Gasteiger partial charge in [-0.25, -0.2) is 9.97 Å². The molecular formula is C12H16F3N3S2. The fraction of sp³-hybridized carbons (Fsp3) is 0.667. The average Bonchev–Trinajstić information content (AvgIpc) is 2.63. The van der Waals surface area contributed by atoms with E-state index in [-0.39, 0.29) is 12.4 Å². The molecule has 1 aliphatic heterocycles.